The Labute approximate surface area is 183 Å². The third kappa shape index (κ3) is 4.35. The summed E-state index contributed by atoms with van der Waals surface area (Å²) in [4.78, 5) is 17.2. The van der Waals surface area contributed by atoms with Crippen molar-refractivity contribution in [3.8, 4) is 21.8 Å². The van der Waals surface area contributed by atoms with Gasteiger partial charge in [-0.1, -0.05) is 59.6 Å². The Kier molecular flexibility index (Phi) is 5.67. The molecule has 0 saturated carbocycles. The van der Waals surface area contributed by atoms with Crippen LogP contribution in [0.1, 0.15) is 15.9 Å². The average molecular weight is 439 g/mol. The van der Waals surface area contributed by atoms with Crippen LogP contribution in [0.25, 0.3) is 21.8 Å². The van der Waals surface area contributed by atoms with Gasteiger partial charge in [0.2, 0.25) is 0 Å². The lowest BCUT2D eigenvalue weighted by molar-refractivity contribution is 0.102. The second-order valence-corrected chi connectivity index (χ2v) is 8.19. The first-order valence-electron chi connectivity index (χ1n) is 8.89. The van der Waals surface area contributed by atoms with Crippen molar-refractivity contribution in [2.24, 2.45) is 0 Å². The van der Waals surface area contributed by atoms with Crippen molar-refractivity contribution in [2.45, 2.75) is 6.92 Å². The SMILES string of the molecule is Cc1ccccc1-c1nc(-c2ccc(NC(=O)c3ccc(Cl)c(Cl)c3)cc2)cs1. The van der Waals surface area contributed by atoms with E-state index >= 15 is 0 Å². The number of halogens is 2. The molecule has 144 valence electrons. The van der Waals surface area contributed by atoms with Gasteiger partial charge in [0.05, 0.1) is 15.7 Å². The molecule has 0 fully saturated rings. The number of aryl methyl sites for hydroxylation is 1. The van der Waals surface area contributed by atoms with E-state index in [4.69, 9.17) is 28.2 Å². The summed E-state index contributed by atoms with van der Waals surface area (Å²) in [5.41, 5.74) is 5.40. The summed E-state index contributed by atoms with van der Waals surface area (Å²) >= 11 is 13.5. The van der Waals surface area contributed by atoms with Crippen LogP contribution in [0.4, 0.5) is 5.69 Å². The molecule has 3 aromatic carbocycles. The second kappa shape index (κ2) is 8.37. The summed E-state index contributed by atoms with van der Waals surface area (Å²) < 4.78 is 0. The Hall–Kier alpha value is -2.66. The monoisotopic (exact) mass is 438 g/mol. The third-order valence-corrected chi connectivity index (χ3v) is 6.11. The molecule has 0 unspecified atom stereocenters. The quantitative estimate of drug-likeness (QED) is 0.361. The van der Waals surface area contributed by atoms with E-state index in [0.29, 0.717) is 21.3 Å². The Morgan fingerprint density at radius 2 is 1.72 bits per heavy atom. The van der Waals surface area contributed by atoms with Gasteiger partial charge in [-0.2, -0.15) is 0 Å². The molecule has 3 nitrogen and oxygen atoms in total. The normalized spacial score (nSPS) is 10.7. The molecule has 0 spiro atoms. The number of hydrogen-bond acceptors (Lipinski definition) is 3. The Morgan fingerprint density at radius 3 is 2.45 bits per heavy atom. The Balaban J connectivity index is 1.50. The summed E-state index contributed by atoms with van der Waals surface area (Å²) in [5.74, 6) is -0.244. The minimum Gasteiger partial charge on any atom is -0.322 e. The number of amides is 1. The molecule has 1 heterocycles. The first kappa shape index (κ1) is 19.6. The molecular formula is C23H16Cl2N2OS. The van der Waals surface area contributed by atoms with Gasteiger partial charge in [-0.3, -0.25) is 4.79 Å². The van der Waals surface area contributed by atoms with Crippen molar-refractivity contribution in [1.82, 2.24) is 4.98 Å². The first-order chi connectivity index (χ1) is 14.0. The second-order valence-electron chi connectivity index (χ2n) is 6.51. The van der Waals surface area contributed by atoms with Gasteiger partial charge in [-0.15, -0.1) is 11.3 Å². The van der Waals surface area contributed by atoms with Crippen LogP contribution in [0.15, 0.2) is 72.1 Å². The molecule has 4 rings (SSSR count). The minimum absolute atomic E-state index is 0.244. The lowest BCUT2D eigenvalue weighted by atomic mass is 10.1. The molecule has 4 aromatic rings. The van der Waals surface area contributed by atoms with E-state index in [9.17, 15) is 4.79 Å². The molecule has 29 heavy (non-hydrogen) atoms. The van der Waals surface area contributed by atoms with Crippen LogP contribution in [-0.4, -0.2) is 10.9 Å². The van der Waals surface area contributed by atoms with Crippen LogP contribution in [0.2, 0.25) is 10.0 Å². The summed E-state index contributed by atoms with van der Waals surface area (Å²) in [6.45, 7) is 2.09. The Bertz CT molecular complexity index is 1190. The average Bonchev–Trinajstić information content (AvgIpc) is 3.21. The largest absolute Gasteiger partial charge is 0.322 e. The lowest BCUT2D eigenvalue weighted by Gasteiger charge is -2.07. The molecule has 0 aliphatic heterocycles. The van der Waals surface area contributed by atoms with Gasteiger partial charge in [0, 0.05) is 27.8 Å². The molecular weight excluding hydrogens is 423 g/mol. The van der Waals surface area contributed by atoms with E-state index in [0.717, 1.165) is 21.8 Å². The zero-order valence-electron chi connectivity index (χ0n) is 15.4. The number of carbonyl (C=O) groups is 1. The molecule has 1 aromatic heterocycles. The van der Waals surface area contributed by atoms with Gasteiger partial charge in [0.1, 0.15) is 5.01 Å². The molecule has 6 heteroatoms. The molecule has 0 bridgehead atoms. The third-order valence-electron chi connectivity index (χ3n) is 4.50. The van der Waals surface area contributed by atoms with Crippen LogP contribution >= 0.6 is 34.5 Å². The maximum Gasteiger partial charge on any atom is 0.255 e. The number of nitrogens with zero attached hydrogens (tertiary/aromatic N) is 1. The van der Waals surface area contributed by atoms with Gasteiger partial charge < -0.3 is 5.32 Å². The zero-order valence-corrected chi connectivity index (χ0v) is 17.8. The molecule has 0 aliphatic rings. The number of anilines is 1. The predicted molar refractivity (Wildman–Crippen MR) is 122 cm³/mol. The van der Waals surface area contributed by atoms with E-state index in [1.54, 1.807) is 29.5 Å². The number of rotatable bonds is 4. The number of aromatic nitrogens is 1. The van der Waals surface area contributed by atoms with Crippen molar-refractivity contribution in [3.05, 3.63) is 93.3 Å². The molecule has 1 N–H and O–H groups in total. The van der Waals surface area contributed by atoms with E-state index in [-0.39, 0.29) is 5.91 Å². The fourth-order valence-electron chi connectivity index (χ4n) is 2.91. The van der Waals surface area contributed by atoms with Gasteiger partial charge in [0.15, 0.2) is 0 Å². The Morgan fingerprint density at radius 1 is 0.966 bits per heavy atom. The number of thiazole rings is 1. The maximum absolute atomic E-state index is 12.4. The van der Waals surface area contributed by atoms with Crippen molar-refractivity contribution in [3.63, 3.8) is 0 Å². The van der Waals surface area contributed by atoms with Crippen LogP contribution in [0, 0.1) is 6.92 Å². The zero-order chi connectivity index (χ0) is 20.4. The predicted octanol–water partition coefficient (Wildman–Crippen LogP) is 7.34. The fraction of sp³-hybridized carbons (Fsp3) is 0.0435. The number of carbonyl (C=O) groups excluding carboxylic acids is 1. The summed E-state index contributed by atoms with van der Waals surface area (Å²) in [7, 11) is 0. The van der Waals surface area contributed by atoms with Crippen molar-refractivity contribution in [2.75, 3.05) is 5.32 Å². The van der Waals surface area contributed by atoms with E-state index in [1.807, 2.05) is 41.8 Å². The van der Waals surface area contributed by atoms with Gasteiger partial charge in [0.25, 0.3) is 5.91 Å². The number of hydrogen-bond donors (Lipinski definition) is 1. The van der Waals surface area contributed by atoms with Gasteiger partial charge in [-0.05, 0) is 42.8 Å². The maximum atomic E-state index is 12.4. The summed E-state index contributed by atoms with van der Waals surface area (Å²) in [5, 5.41) is 6.67. The smallest absolute Gasteiger partial charge is 0.255 e. The van der Waals surface area contributed by atoms with E-state index in [2.05, 4.69) is 24.4 Å². The molecule has 0 aliphatic carbocycles. The van der Waals surface area contributed by atoms with Crippen molar-refractivity contribution in [1.29, 1.82) is 0 Å². The standard InChI is InChI=1S/C23H16Cl2N2OS/c1-14-4-2-3-5-18(14)23-27-21(13-29-23)15-6-9-17(10-7-15)26-22(28)16-8-11-19(24)20(25)12-16/h2-13H,1H3,(H,26,28). The minimum atomic E-state index is -0.244. The van der Waals surface area contributed by atoms with Crippen LogP contribution in [0.5, 0.6) is 0 Å². The summed E-state index contributed by atoms with van der Waals surface area (Å²) in [6.07, 6.45) is 0. The highest BCUT2D eigenvalue weighted by Crippen LogP contribution is 2.31. The highest BCUT2D eigenvalue weighted by atomic mass is 35.5. The molecule has 0 radical (unpaired) electrons. The molecule has 1 amide bonds. The van der Waals surface area contributed by atoms with Crippen molar-refractivity contribution < 1.29 is 4.79 Å². The number of benzene rings is 3. The highest BCUT2D eigenvalue weighted by Gasteiger charge is 2.11. The highest BCUT2D eigenvalue weighted by molar-refractivity contribution is 7.13. The van der Waals surface area contributed by atoms with Gasteiger partial charge in [-0.25, -0.2) is 4.98 Å². The lowest BCUT2D eigenvalue weighted by Crippen LogP contribution is -2.11. The topological polar surface area (TPSA) is 42.0 Å². The number of nitrogens with one attached hydrogen (secondary N) is 1. The van der Waals surface area contributed by atoms with E-state index in [1.165, 1.54) is 5.56 Å². The van der Waals surface area contributed by atoms with Gasteiger partial charge >= 0.3 is 0 Å². The molecule has 0 saturated heterocycles. The van der Waals surface area contributed by atoms with E-state index < -0.39 is 0 Å². The van der Waals surface area contributed by atoms with Crippen molar-refractivity contribution >= 4 is 46.1 Å². The van der Waals surface area contributed by atoms with Crippen LogP contribution in [0.3, 0.4) is 0 Å². The van der Waals surface area contributed by atoms with Crippen LogP contribution in [-0.2, 0) is 0 Å². The van der Waals surface area contributed by atoms with Crippen LogP contribution < -0.4 is 5.32 Å². The fourth-order valence-corrected chi connectivity index (χ4v) is 4.13. The first-order valence-corrected chi connectivity index (χ1v) is 10.5. The summed E-state index contributed by atoms with van der Waals surface area (Å²) in [6, 6.07) is 20.6. The molecule has 0 atom stereocenters.